The number of rotatable bonds is 4. The molecule has 1 aliphatic carbocycles. The van der Waals surface area contributed by atoms with Crippen LogP contribution in [0.25, 0.3) is 0 Å². The Hall–Kier alpha value is -4.10. The summed E-state index contributed by atoms with van der Waals surface area (Å²) in [5.74, 6) is -3.68. The fourth-order valence-electron chi connectivity index (χ4n) is 5.59. The zero-order chi connectivity index (χ0) is 24.3. The number of carbonyl (C=O) groups is 4. The second-order valence-electron chi connectivity index (χ2n) is 9.00. The molecule has 2 heterocycles. The Kier molecular flexibility index (Phi) is 4.72. The zero-order valence-corrected chi connectivity index (χ0v) is 18.8. The summed E-state index contributed by atoms with van der Waals surface area (Å²) in [4.78, 5) is 56.1. The molecular weight excluding hydrogens is 446 g/mol. The first-order valence-electron chi connectivity index (χ1n) is 11.4. The lowest BCUT2D eigenvalue weighted by molar-refractivity contribution is -0.145. The second-order valence-corrected chi connectivity index (χ2v) is 9.00. The summed E-state index contributed by atoms with van der Waals surface area (Å²) in [6, 6.07) is 22.5. The lowest BCUT2D eigenvalue weighted by Gasteiger charge is -2.27. The van der Waals surface area contributed by atoms with Crippen molar-refractivity contribution in [3.63, 3.8) is 0 Å². The van der Waals surface area contributed by atoms with Crippen LogP contribution in [0.4, 0.5) is 0 Å². The molecule has 0 aromatic heterocycles. The number of methoxy groups -OCH3 is 1. The molecule has 2 saturated heterocycles. The Balaban J connectivity index is 1.45. The normalized spacial score (nSPS) is 24.3. The summed E-state index contributed by atoms with van der Waals surface area (Å²) >= 11 is 0. The van der Waals surface area contributed by atoms with E-state index in [1.54, 1.807) is 79.9 Å². The molecule has 2 aliphatic heterocycles. The fraction of sp³-hybridized carbons (Fsp3) is 0.214. The molecule has 0 bridgehead atoms. The monoisotopic (exact) mass is 467 g/mol. The number of hydrogen-bond acceptors (Lipinski definition) is 6. The third-order valence-corrected chi connectivity index (χ3v) is 7.24. The molecule has 7 heteroatoms. The van der Waals surface area contributed by atoms with E-state index in [1.807, 2.05) is 6.07 Å². The van der Waals surface area contributed by atoms with Gasteiger partial charge in [0.1, 0.15) is 5.75 Å². The highest BCUT2D eigenvalue weighted by Gasteiger charge is 2.74. The first-order chi connectivity index (χ1) is 17.0. The van der Waals surface area contributed by atoms with E-state index >= 15 is 0 Å². The van der Waals surface area contributed by atoms with Gasteiger partial charge in [0.15, 0.2) is 0 Å². The van der Waals surface area contributed by atoms with Crippen LogP contribution in [0.15, 0.2) is 78.9 Å². The van der Waals surface area contributed by atoms with Gasteiger partial charge < -0.3 is 9.47 Å². The molecule has 3 aromatic carbocycles. The first kappa shape index (κ1) is 21.4. The summed E-state index contributed by atoms with van der Waals surface area (Å²) in [5.41, 5.74) is -0.233. The van der Waals surface area contributed by atoms with E-state index in [4.69, 9.17) is 9.47 Å². The van der Waals surface area contributed by atoms with E-state index in [9.17, 15) is 19.2 Å². The molecule has 174 valence electrons. The van der Waals surface area contributed by atoms with Crippen LogP contribution in [0.3, 0.4) is 0 Å². The van der Waals surface area contributed by atoms with Crippen molar-refractivity contribution in [3.05, 3.63) is 101 Å². The molecule has 2 amide bonds. The third-order valence-electron chi connectivity index (χ3n) is 7.24. The van der Waals surface area contributed by atoms with E-state index in [0.29, 0.717) is 11.3 Å². The van der Waals surface area contributed by atoms with Crippen molar-refractivity contribution in [2.75, 3.05) is 7.11 Å². The molecule has 6 rings (SSSR count). The highest BCUT2D eigenvalue weighted by molar-refractivity contribution is 6.35. The molecular formula is C28H21NO6. The van der Waals surface area contributed by atoms with Gasteiger partial charge in [0.2, 0.25) is 29.0 Å². The Labute approximate surface area is 201 Å². The maximum Gasteiger partial charge on any atom is 0.237 e. The lowest BCUT2D eigenvalue weighted by atomic mass is 9.77. The summed E-state index contributed by atoms with van der Waals surface area (Å²) in [7, 11) is 1.56. The van der Waals surface area contributed by atoms with Gasteiger partial charge in [0.25, 0.3) is 0 Å². The van der Waals surface area contributed by atoms with Gasteiger partial charge in [0, 0.05) is 11.1 Å². The molecule has 3 aromatic rings. The summed E-state index contributed by atoms with van der Waals surface area (Å²) in [6.45, 7) is 0.0293. The van der Waals surface area contributed by atoms with Gasteiger partial charge in [-0.25, -0.2) is 0 Å². The van der Waals surface area contributed by atoms with E-state index in [2.05, 4.69) is 0 Å². The van der Waals surface area contributed by atoms with Crippen molar-refractivity contribution in [2.45, 2.75) is 18.2 Å². The van der Waals surface area contributed by atoms with Crippen molar-refractivity contribution in [2.24, 2.45) is 11.8 Å². The molecule has 1 spiro atoms. The van der Waals surface area contributed by atoms with Gasteiger partial charge in [-0.15, -0.1) is 0 Å². The molecule has 0 unspecified atom stereocenters. The van der Waals surface area contributed by atoms with Gasteiger partial charge in [-0.2, -0.15) is 0 Å². The summed E-state index contributed by atoms with van der Waals surface area (Å²) < 4.78 is 11.4. The predicted molar refractivity (Wildman–Crippen MR) is 124 cm³/mol. The van der Waals surface area contributed by atoms with Crippen LogP contribution >= 0.6 is 0 Å². The maximum absolute atomic E-state index is 13.8. The van der Waals surface area contributed by atoms with Crippen molar-refractivity contribution in [1.82, 2.24) is 4.90 Å². The van der Waals surface area contributed by atoms with E-state index in [1.165, 1.54) is 0 Å². The predicted octanol–water partition coefficient (Wildman–Crippen LogP) is 3.39. The minimum absolute atomic E-state index is 0.0293. The Bertz CT molecular complexity index is 1350. The van der Waals surface area contributed by atoms with Crippen LogP contribution in [0.2, 0.25) is 0 Å². The zero-order valence-electron chi connectivity index (χ0n) is 18.8. The number of ketones is 2. The van der Waals surface area contributed by atoms with Crippen molar-refractivity contribution in [1.29, 1.82) is 0 Å². The number of likely N-dealkylation sites (tertiary alicyclic amines) is 1. The van der Waals surface area contributed by atoms with Gasteiger partial charge in [0.05, 0.1) is 31.6 Å². The Morgan fingerprint density at radius 3 is 2.00 bits per heavy atom. The third kappa shape index (κ3) is 2.88. The average Bonchev–Trinajstić information content (AvgIpc) is 3.46. The van der Waals surface area contributed by atoms with Crippen LogP contribution in [0.1, 0.15) is 37.9 Å². The quantitative estimate of drug-likeness (QED) is 0.432. The summed E-state index contributed by atoms with van der Waals surface area (Å²) in [5, 5.41) is 0. The van der Waals surface area contributed by atoms with E-state index in [0.717, 1.165) is 10.5 Å². The van der Waals surface area contributed by atoms with Gasteiger partial charge in [-0.1, -0.05) is 66.7 Å². The molecule has 7 nitrogen and oxygen atoms in total. The number of hydrogen-bond donors (Lipinski definition) is 0. The van der Waals surface area contributed by atoms with Crippen LogP contribution in [0.5, 0.6) is 5.75 Å². The number of benzene rings is 3. The Morgan fingerprint density at radius 2 is 1.40 bits per heavy atom. The van der Waals surface area contributed by atoms with Crippen LogP contribution in [-0.4, -0.2) is 41.0 Å². The highest BCUT2D eigenvalue weighted by Crippen LogP contribution is 2.57. The van der Waals surface area contributed by atoms with E-state index < -0.39 is 46.9 Å². The number of carbonyl (C=O) groups excluding carboxylic acids is 4. The number of ether oxygens (including phenoxy) is 2. The number of amides is 2. The number of fused-ring (bicyclic) bond motifs is 3. The van der Waals surface area contributed by atoms with Crippen molar-refractivity contribution >= 4 is 23.4 Å². The van der Waals surface area contributed by atoms with Gasteiger partial charge in [-0.3, -0.25) is 24.1 Å². The highest BCUT2D eigenvalue weighted by atomic mass is 16.5. The first-order valence-corrected chi connectivity index (χ1v) is 11.4. The van der Waals surface area contributed by atoms with Crippen LogP contribution in [-0.2, 0) is 20.9 Å². The Morgan fingerprint density at radius 1 is 0.800 bits per heavy atom. The minimum atomic E-state index is -2.05. The number of Topliss-reactive ketones (excluding diaryl/α,β-unsaturated/α-hetero) is 2. The molecule has 0 radical (unpaired) electrons. The molecule has 0 saturated carbocycles. The number of nitrogens with zero attached hydrogens (tertiary/aromatic N) is 1. The molecule has 0 N–H and O–H groups in total. The maximum atomic E-state index is 13.8. The topological polar surface area (TPSA) is 90.0 Å². The van der Waals surface area contributed by atoms with Crippen molar-refractivity contribution in [3.8, 4) is 5.75 Å². The van der Waals surface area contributed by atoms with Gasteiger partial charge in [-0.05, 0) is 23.3 Å². The summed E-state index contributed by atoms with van der Waals surface area (Å²) in [6.07, 6.45) is -0.902. The molecule has 3 aliphatic rings. The molecule has 35 heavy (non-hydrogen) atoms. The molecule has 3 atom stereocenters. The standard InChI is InChI=1S/C28H21NO6/c1-34-18-13-11-16(12-14-18)15-29-26(32)21-22(27(29)33)28(35-23(21)17-7-3-2-4-8-17)24(30)19-9-5-6-10-20(19)25(28)31/h2-14,21-23H,15H2,1H3/t21-,22-,23+/m0/s1. The van der Waals surface area contributed by atoms with Crippen LogP contribution in [0, 0.1) is 11.8 Å². The second kappa shape index (κ2) is 7.71. The van der Waals surface area contributed by atoms with E-state index in [-0.39, 0.29) is 17.7 Å². The van der Waals surface area contributed by atoms with Gasteiger partial charge >= 0.3 is 0 Å². The van der Waals surface area contributed by atoms with Crippen molar-refractivity contribution < 1.29 is 28.7 Å². The number of imide groups is 1. The minimum Gasteiger partial charge on any atom is -0.497 e. The molecule has 2 fully saturated rings. The smallest absolute Gasteiger partial charge is 0.237 e. The lowest BCUT2D eigenvalue weighted by Crippen LogP contribution is -2.50. The SMILES string of the molecule is COc1ccc(CN2C(=O)[C@@H]3[C@@H](c4ccccc4)OC4(C(=O)c5ccccc5C4=O)[C@@H]3C2=O)cc1. The largest absolute Gasteiger partial charge is 0.497 e. The fourth-order valence-corrected chi connectivity index (χ4v) is 5.59. The van der Waals surface area contributed by atoms with Crippen LogP contribution < -0.4 is 4.74 Å². The average molecular weight is 467 g/mol.